The van der Waals surface area contributed by atoms with Crippen LogP contribution in [-0.2, 0) is 4.79 Å². The SMILES string of the molecule is C=C1C(=O)c2cccc(C)c2N=C1CC(C)(C)CC(=O)N1CCC(C(=O)c2ccc(C(=O)O)cc2)CC1. The third kappa shape index (κ3) is 5.61. The van der Waals surface area contributed by atoms with Crippen LogP contribution >= 0.6 is 0 Å². The Kier molecular flexibility index (Phi) is 7.25. The first-order valence-corrected chi connectivity index (χ1v) is 12.5. The highest BCUT2D eigenvalue weighted by Crippen LogP contribution is 2.36. The first-order valence-electron chi connectivity index (χ1n) is 12.5. The molecule has 0 spiro atoms. The van der Waals surface area contributed by atoms with E-state index in [2.05, 4.69) is 6.58 Å². The van der Waals surface area contributed by atoms with Crippen LogP contribution in [0.15, 0.2) is 59.6 Å². The van der Waals surface area contributed by atoms with Crippen molar-refractivity contribution in [2.24, 2.45) is 16.3 Å². The molecule has 4 rings (SSSR count). The minimum atomic E-state index is -1.03. The summed E-state index contributed by atoms with van der Waals surface area (Å²) in [5, 5.41) is 9.04. The number of piperidine rings is 1. The number of hydrogen-bond acceptors (Lipinski definition) is 5. The van der Waals surface area contributed by atoms with Crippen molar-refractivity contribution in [3.8, 4) is 0 Å². The van der Waals surface area contributed by atoms with Gasteiger partial charge >= 0.3 is 5.97 Å². The normalized spacial score (nSPS) is 16.3. The number of carbonyl (C=O) groups excluding carboxylic acids is 3. The zero-order valence-electron chi connectivity index (χ0n) is 21.5. The van der Waals surface area contributed by atoms with Crippen molar-refractivity contribution in [2.75, 3.05) is 13.1 Å². The summed E-state index contributed by atoms with van der Waals surface area (Å²) < 4.78 is 0. The zero-order valence-corrected chi connectivity index (χ0v) is 21.5. The van der Waals surface area contributed by atoms with Gasteiger partial charge in [0.25, 0.3) is 0 Å². The van der Waals surface area contributed by atoms with Gasteiger partial charge < -0.3 is 10.0 Å². The molecule has 1 saturated heterocycles. The Labute approximate surface area is 216 Å². The van der Waals surface area contributed by atoms with E-state index < -0.39 is 11.4 Å². The molecule has 2 aliphatic heterocycles. The highest BCUT2D eigenvalue weighted by atomic mass is 16.4. The average molecular weight is 501 g/mol. The number of aliphatic imine (C=N–C) groups is 1. The number of carboxylic acid groups (broad SMARTS) is 1. The predicted octanol–water partition coefficient (Wildman–Crippen LogP) is 5.45. The van der Waals surface area contributed by atoms with E-state index in [4.69, 9.17) is 10.1 Å². The van der Waals surface area contributed by atoms with Gasteiger partial charge in [0, 0.05) is 42.1 Å². The lowest BCUT2D eigenvalue weighted by Gasteiger charge is -2.34. The van der Waals surface area contributed by atoms with Gasteiger partial charge in [-0.3, -0.25) is 19.4 Å². The largest absolute Gasteiger partial charge is 0.478 e. The molecule has 7 heteroatoms. The molecule has 1 amide bonds. The van der Waals surface area contributed by atoms with Crippen LogP contribution in [0.4, 0.5) is 5.69 Å². The van der Waals surface area contributed by atoms with E-state index >= 15 is 0 Å². The molecule has 192 valence electrons. The summed E-state index contributed by atoms with van der Waals surface area (Å²) in [6.45, 7) is 10.9. The van der Waals surface area contributed by atoms with Gasteiger partial charge in [-0.2, -0.15) is 0 Å². The summed E-state index contributed by atoms with van der Waals surface area (Å²) in [5.74, 6) is -1.33. The van der Waals surface area contributed by atoms with E-state index in [1.807, 2.05) is 32.9 Å². The first kappa shape index (κ1) is 26.2. The number of hydrogen-bond donors (Lipinski definition) is 1. The minimum Gasteiger partial charge on any atom is -0.478 e. The number of fused-ring (bicyclic) bond motifs is 1. The molecule has 2 aromatic carbocycles. The van der Waals surface area contributed by atoms with Gasteiger partial charge in [0.2, 0.25) is 5.91 Å². The second-order valence-corrected chi connectivity index (χ2v) is 10.8. The van der Waals surface area contributed by atoms with Crippen LogP contribution in [0.5, 0.6) is 0 Å². The van der Waals surface area contributed by atoms with Crippen molar-refractivity contribution in [1.29, 1.82) is 0 Å². The fourth-order valence-electron chi connectivity index (χ4n) is 5.07. The number of aryl methyl sites for hydroxylation is 1. The number of allylic oxidation sites excluding steroid dienone is 1. The quantitative estimate of drug-likeness (QED) is 0.402. The summed E-state index contributed by atoms with van der Waals surface area (Å²) in [4.78, 5) is 56.5. The molecule has 0 saturated carbocycles. The number of aromatic carboxylic acids is 1. The molecular formula is C30H32N2O5. The van der Waals surface area contributed by atoms with Crippen molar-refractivity contribution < 1.29 is 24.3 Å². The summed E-state index contributed by atoms with van der Waals surface area (Å²) in [7, 11) is 0. The fourth-order valence-corrected chi connectivity index (χ4v) is 5.07. The highest BCUT2D eigenvalue weighted by Gasteiger charge is 2.34. The smallest absolute Gasteiger partial charge is 0.335 e. The molecule has 37 heavy (non-hydrogen) atoms. The minimum absolute atomic E-state index is 0.0153. The molecule has 2 aliphatic rings. The fraction of sp³-hybridized carbons (Fsp3) is 0.367. The Hall–Kier alpha value is -3.87. The number of nitrogens with zero attached hydrogens (tertiary/aromatic N) is 2. The second-order valence-electron chi connectivity index (χ2n) is 10.8. The van der Waals surface area contributed by atoms with Crippen LogP contribution in [-0.4, -0.2) is 52.3 Å². The number of rotatable bonds is 7. The van der Waals surface area contributed by atoms with Crippen LogP contribution < -0.4 is 0 Å². The number of ketones is 2. The van der Waals surface area contributed by atoms with Gasteiger partial charge in [0.05, 0.1) is 17.0 Å². The van der Waals surface area contributed by atoms with Gasteiger partial charge in [-0.15, -0.1) is 0 Å². The number of Topliss-reactive ketones (excluding diaryl/α,β-unsaturated/α-hetero) is 2. The maximum absolute atomic E-state index is 13.2. The Morgan fingerprint density at radius 1 is 1.05 bits per heavy atom. The molecule has 7 nitrogen and oxygen atoms in total. The van der Waals surface area contributed by atoms with Crippen molar-refractivity contribution in [3.05, 3.63) is 76.9 Å². The summed E-state index contributed by atoms with van der Waals surface area (Å²) in [6.07, 6.45) is 1.89. The van der Waals surface area contributed by atoms with E-state index in [0.29, 0.717) is 66.9 Å². The van der Waals surface area contributed by atoms with Crippen LogP contribution in [0.2, 0.25) is 0 Å². The molecule has 2 aromatic rings. The molecule has 0 unspecified atom stereocenters. The van der Waals surface area contributed by atoms with Crippen LogP contribution in [0.3, 0.4) is 0 Å². The molecule has 1 fully saturated rings. The molecular weight excluding hydrogens is 468 g/mol. The standard InChI is InChI=1S/C30H32N2O5/c1-18-6-5-7-23-26(18)31-24(19(2)27(23)34)16-30(3,4)17-25(33)32-14-12-21(13-15-32)28(35)20-8-10-22(11-9-20)29(36)37/h5-11,21H,2,12-17H2,1,3-4H3,(H,36,37). The Bertz CT molecular complexity index is 1310. The molecule has 0 aromatic heterocycles. The lowest BCUT2D eigenvalue weighted by molar-refractivity contribution is -0.134. The van der Waals surface area contributed by atoms with E-state index in [1.165, 1.54) is 12.1 Å². The highest BCUT2D eigenvalue weighted by molar-refractivity contribution is 6.31. The van der Waals surface area contributed by atoms with Crippen molar-refractivity contribution >= 4 is 34.8 Å². The van der Waals surface area contributed by atoms with Gasteiger partial charge in [-0.05, 0) is 55.4 Å². The summed E-state index contributed by atoms with van der Waals surface area (Å²) in [6, 6.07) is 11.5. The summed E-state index contributed by atoms with van der Waals surface area (Å²) in [5.41, 5.74) is 3.40. The van der Waals surface area contributed by atoms with Crippen LogP contribution in [0.25, 0.3) is 0 Å². The lowest BCUT2D eigenvalue weighted by Crippen LogP contribution is -2.42. The Morgan fingerprint density at radius 3 is 2.30 bits per heavy atom. The molecule has 0 radical (unpaired) electrons. The molecule has 1 N–H and O–H groups in total. The Morgan fingerprint density at radius 2 is 1.68 bits per heavy atom. The third-order valence-corrected chi connectivity index (χ3v) is 7.26. The second kappa shape index (κ2) is 10.2. The number of carbonyl (C=O) groups is 4. The monoisotopic (exact) mass is 500 g/mol. The number of para-hydroxylation sites is 1. The van der Waals surface area contributed by atoms with Crippen molar-refractivity contribution in [3.63, 3.8) is 0 Å². The van der Waals surface area contributed by atoms with Gasteiger partial charge in [-0.25, -0.2) is 4.79 Å². The predicted molar refractivity (Wildman–Crippen MR) is 142 cm³/mol. The third-order valence-electron chi connectivity index (χ3n) is 7.26. The lowest BCUT2D eigenvalue weighted by atomic mass is 9.79. The van der Waals surface area contributed by atoms with Crippen LogP contribution in [0.1, 0.15) is 76.2 Å². The van der Waals surface area contributed by atoms with Crippen LogP contribution in [0, 0.1) is 18.3 Å². The average Bonchev–Trinajstić information content (AvgIpc) is 2.87. The maximum atomic E-state index is 13.2. The van der Waals surface area contributed by atoms with Gasteiger partial charge in [0.1, 0.15) is 0 Å². The first-order chi connectivity index (χ1) is 17.5. The number of benzene rings is 2. The maximum Gasteiger partial charge on any atom is 0.335 e. The number of amides is 1. The van der Waals surface area contributed by atoms with Gasteiger partial charge in [0.15, 0.2) is 11.6 Å². The summed E-state index contributed by atoms with van der Waals surface area (Å²) >= 11 is 0. The topological polar surface area (TPSA) is 104 Å². The molecule has 0 bridgehead atoms. The number of likely N-dealkylation sites (tertiary alicyclic amines) is 1. The zero-order chi connectivity index (χ0) is 26.9. The van der Waals surface area contributed by atoms with Crippen molar-refractivity contribution in [2.45, 2.75) is 46.5 Å². The van der Waals surface area contributed by atoms with Crippen molar-refractivity contribution in [1.82, 2.24) is 4.90 Å². The number of carboxylic acids is 1. The Balaban J connectivity index is 1.36. The molecule has 0 aliphatic carbocycles. The van der Waals surface area contributed by atoms with E-state index in [9.17, 15) is 19.2 Å². The van der Waals surface area contributed by atoms with Gasteiger partial charge in [-0.1, -0.05) is 44.7 Å². The van der Waals surface area contributed by atoms with E-state index in [1.54, 1.807) is 23.1 Å². The van der Waals surface area contributed by atoms with E-state index in [0.717, 1.165) is 5.56 Å². The molecule has 0 atom stereocenters. The molecule has 2 heterocycles. The van der Waals surface area contributed by atoms with E-state index in [-0.39, 0.29) is 29.0 Å².